The van der Waals surface area contributed by atoms with Crippen molar-refractivity contribution in [2.24, 2.45) is 22.6 Å². The highest BCUT2D eigenvalue weighted by Gasteiger charge is 2.23. The molecule has 41 heavy (non-hydrogen) atoms. The van der Waals surface area contributed by atoms with Crippen molar-refractivity contribution in [3.63, 3.8) is 0 Å². The van der Waals surface area contributed by atoms with Gasteiger partial charge in [-0.15, -0.1) is 0 Å². The normalized spacial score (nSPS) is 17.4. The van der Waals surface area contributed by atoms with E-state index in [1.54, 1.807) is 6.08 Å². The van der Waals surface area contributed by atoms with Crippen molar-refractivity contribution in [3.05, 3.63) is 71.7 Å². The molecule has 1 aromatic rings. The maximum atomic E-state index is 6.06. The van der Waals surface area contributed by atoms with E-state index in [-0.39, 0.29) is 0 Å². The van der Waals surface area contributed by atoms with Gasteiger partial charge in [0.15, 0.2) is 0 Å². The van der Waals surface area contributed by atoms with E-state index in [1.807, 2.05) is 32.2 Å². The smallest absolute Gasteiger partial charge is 0.222 e. The topological polar surface area (TPSA) is 73.6 Å². The summed E-state index contributed by atoms with van der Waals surface area (Å²) >= 11 is 0. The van der Waals surface area contributed by atoms with E-state index in [1.165, 1.54) is 43.4 Å². The molecule has 0 radical (unpaired) electrons. The lowest BCUT2D eigenvalue weighted by Crippen LogP contribution is -2.21. The summed E-state index contributed by atoms with van der Waals surface area (Å²) < 4.78 is 11.2. The van der Waals surface area contributed by atoms with Crippen LogP contribution < -0.4 is 5.73 Å². The lowest BCUT2D eigenvalue weighted by atomic mass is 9.79. The number of ether oxygens (including phenoxy) is 1. The molecule has 3 rings (SSSR count). The summed E-state index contributed by atoms with van der Waals surface area (Å²) in [7, 11) is 0. The molecular formula is C36H59N3O2. The molecule has 1 atom stereocenters. The second kappa shape index (κ2) is 22.1. The Morgan fingerprint density at radius 2 is 1.85 bits per heavy atom. The van der Waals surface area contributed by atoms with Gasteiger partial charge in [0.1, 0.15) is 5.76 Å². The van der Waals surface area contributed by atoms with Crippen LogP contribution in [0.15, 0.2) is 69.4 Å². The molecule has 1 saturated carbocycles. The van der Waals surface area contributed by atoms with E-state index in [0.29, 0.717) is 24.8 Å². The Bertz CT molecular complexity index is 1020. The van der Waals surface area contributed by atoms with Crippen molar-refractivity contribution >= 4 is 11.3 Å². The highest BCUT2D eigenvalue weighted by Crippen LogP contribution is 2.33. The minimum atomic E-state index is 0.491. The first-order chi connectivity index (χ1) is 19.9. The Kier molecular flexibility index (Phi) is 19.7. The maximum Gasteiger partial charge on any atom is 0.222 e. The second-order valence-electron chi connectivity index (χ2n) is 10.8. The zero-order valence-corrected chi connectivity index (χ0v) is 27.3. The molecule has 1 heterocycles. The minimum absolute atomic E-state index is 0.491. The van der Waals surface area contributed by atoms with Gasteiger partial charge in [0.25, 0.3) is 0 Å². The van der Waals surface area contributed by atoms with Crippen molar-refractivity contribution in [2.75, 3.05) is 19.8 Å². The predicted octanol–water partition coefficient (Wildman–Crippen LogP) is 9.82. The molecule has 1 unspecified atom stereocenters. The molecule has 5 nitrogen and oxygen atoms in total. The molecule has 1 aromatic heterocycles. The number of nitrogens with two attached hydrogens (primary N) is 1. The molecular weight excluding hydrogens is 506 g/mol. The molecule has 2 N–H and O–H groups in total. The number of aliphatic imine (C=N–C) groups is 1. The number of aromatic nitrogens is 1. The van der Waals surface area contributed by atoms with Crippen LogP contribution in [0.2, 0.25) is 0 Å². The number of nitrogens with zero attached hydrogens (tertiary/aromatic N) is 2. The molecule has 230 valence electrons. The fourth-order valence-corrected chi connectivity index (χ4v) is 4.98. The molecule has 5 heteroatoms. The molecule has 0 amide bonds. The zero-order chi connectivity index (χ0) is 30.5. The summed E-state index contributed by atoms with van der Waals surface area (Å²) in [5, 5.41) is 0. The van der Waals surface area contributed by atoms with Crippen LogP contribution in [-0.4, -0.2) is 30.5 Å². The van der Waals surface area contributed by atoms with Crippen LogP contribution >= 0.6 is 0 Å². The van der Waals surface area contributed by atoms with Crippen LogP contribution in [0.5, 0.6) is 0 Å². The predicted molar refractivity (Wildman–Crippen MR) is 178 cm³/mol. The van der Waals surface area contributed by atoms with Gasteiger partial charge in [-0.25, -0.2) is 4.98 Å². The largest absolute Gasteiger partial charge is 0.441 e. The van der Waals surface area contributed by atoms with Crippen LogP contribution in [0.1, 0.15) is 118 Å². The van der Waals surface area contributed by atoms with Gasteiger partial charge in [0.2, 0.25) is 5.89 Å². The van der Waals surface area contributed by atoms with Crippen molar-refractivity contribution in [2.45, 2.75) is 113 Å². The third kappa shape index (κ3) is 13.8. The van der Waals surface area contributed by atoms with Gasteiger partial charge in [-0.3, -0.25) is 4.99 Å². The summed E-state index contributed by atoms with van der Waals surface area (Å²) in [5.41, 5.74) is 11.6. The summed E-state index contributed by atoms with van der Waals surface area (Å²) in [4.78, 5) is 9.63. The van der Waals surface area contributed by atoms with E-state index in [0.717, 1.165) is 67.4 Å². The van der Waals surface area contributed by atoms with Crippen LogP contribution in [0.4, 0.5) is 0 Å². The Morgan fingerprint density at radius 1 is 1.17 bits per heavy atom. The Morgan fingerprint density at radius 3 is 2.46 bits per heavy atom. The summed E-state index contributed by atoms with van der Waals surface area (Å²) in [6, 6.07) is 0. The van der Waals surface area contributed by atoms with E-state index in [9.17, 15) is 0 Å². The van der Waals surface area contributed by atoms with Gasteiger partial charge >= 0.3 is 0 Å². The summed E-state index contributed by atoms with van der Waals surface area (Å²) in [6.45, 7) is 21.1. The molecule has 0 aliphatic heterocycles. The lowest BCUT2D eigenvalue weighted by Gasteiger charge is -2.28. The van der Waals surface area contributed by atoms with Crippen LogP contribution in [0, 0.1) is 11.8 Å². The number of allylic oxidation sites excluding steroid dienone is 6. The van der Waals surface area contributed by atoms with Crippen LogP contribution in [0.25, 0.3) is 5.57 Å². The number of rotatable bonds is 13. The number of hydrogen-bond donors (Lipinski definition) is 1. The average molecular weight is 566 g/mol. The fourth-order valence-electron chi connectivity index (χ4n) is 4.98. The van der Waals surface area contributed by atoms with Crippen molar-refractivity contribution in [1.29, 1.82) is 0 Å². The molecule has 2 aliphatic rings. The Balaban J connectivity index is 0.000000816. The van der Waals surface area contributed by atoms with Gasteiger partial charge in [0, 0.05) is 37.5 Å². The first-order valence-electron chi connectivity index (χ1n) is 16.1. The lowest BCUT2D eigenvalue weighted by molar-refractivity contribution is 0.135. The van der Waals surface area contributed by atoms with E-state index >= 15 is 0 Å². The van der Waals surface area contributed by atoms with Crippen molar-refractivity contribution < 1.29 is 9.15 Å². The van der Waals surface area contributed by atoms with Gasteiger partial charge in [-0.05, 0) is 81.4 Å². The monoisotopic (exact) mass is 565 g/mol. The summed E-state index contributed by atoms with van der Waals surface area (Å²) in [5.74, 6) is 2.89. The first kappa shape index (κ1) is 36.5. The third-order valence-corrected chi connectivity index (χ3v) is 7.57. The van der Waals surface area contributed by atoms with Gasteiger partial charge in [0.05, 0.1) is 11.9 Å². The maximum absolute atomic E-state index is 6.06. The second-order valence-corrected chi connectivity index (χ2v) is 10.8. The van der Waals surface area contributed by atoms with Crippen molar-refractivity contribution in [1.82, 2.24) is 4.98 Å². The highest BCUT2D eigenvalue weighted by atomic mass is 16.5. The standard InChI is InChI=1S/C28H39N3O.C6H14O.C2H6/c1-5-10-23(18-29)11-9-14-26-19-30-28(32-26)25-16-15-20(2)27(17-25)31-22(4)21(3)24-12-7-6-8-13-24;1-3-5-7-6-4-2;1-2/h5,9-11,17,19,21,24H,1,6-8,12-16,18,29H2,2-4H3;3-6H2,1-2H3;1-2H3/b11-9-,23-10+,31-22?;;. The van der Waals surface area contributed by atoms with E-state index < -0.39 is 0 Å². The SMILES string of the molecule is C=C/C=C(\C=C/Cc1cnc(C2=CC(N=C(C)C(C)C3CCCCC3)=C(C)CC2)o1)CN.CC.CCCOCCC. The van der Waals surface area contributed by atoms with Gasteiger partial charge < -0.3 is 14.9 Å². The zero-order valence-electron chi connectivity index (χ0n) is 27.3. The highest BCUT2D eigenvalue weighted by molar-refractivity contribution is 5.86. The quantitative estimate of drug-likeness (QED) is 0.147. The van der Waals surface area contributed by atoms with Gasteiger partial charge in [-0.1, -0.05) is 84.8 Å². The summed E-state index contributed by atoms with van der Waals surface area (Å²) in [6.07, 6.45) is 23.5. The van der Waals surface area contributed by atoms with Gasteiger partial charge in [-0.2, -0.15) is 0 Å². The molecule has 1 fully saturated rings. The minimum Gasteiger partial charge on any atom is -0.441 e. The van der Waals surface area contributed by atoms with E-state index in [4.69, 9.17) is 19.9 Å². The molecule has 0 bridgehead atoms. The van der Waals surface area contributed by atoms with E-state index in [2.05, 4.69) is 58.3 Å². The first-order valence-corrected chi connectivity index (χ1v) is 16.1. The van der Waals surface area contributed by atoms with Crippen molar-refractivity contribution in [3.8, 4) is 0 Å². The number of hydrogen-bond acceptors (Lipinski definition) is 5. The third-order valence-electron chi connectivity index (χ3n) is 7.57. The Hall–Kier alpha value is -2.50. The fraction of sp³-hybridized carbons (Fsp3) is 0.611. The Labute approximate surface area is 251 Å². The number of oxazole rings is 1. The molecule has 0 spiro atoms. The molecule has 0 aromatic carbocycles. The van der Waals surface area contributed by atoms with Crippen LogP contribution in [-0.2, 0) is 11.2 Å². The average Bonchev–Trinajstić information content (AvgIpc) is 3.48. The molecule has 2 aliphatic carbocycles. The molecule has 0 saturated heterocycles. The van der Waals surface area contributed by atoms with Crippen LogP contribution in [0.3, 0.4) is 0 Å².